The molecule has 16 heavy (non-hydrogen) atoms. The quantitative estimate of drug-likeness (QED) is 0.747. The summed E-state index contributed by atoms with van der Waals surface area (Å²) in [6.45, 7) is 0. The largest absolute Gasteiger partial charge is 0.497 e. The van der Waals surface area contributed by atoms with Crippen LogP contribution in [0.2, 0.25) is 0 Å². The molecule has 84 valence electrons. The minimum absolute atomic E-state index is 0.0840. The Hall–Kier alpha value is -1.62. The number of carbonyl (C=O) groups excluding carboxylic acids is 1. The molecule has 1 aromatic rings. The van der Waals surface area contributed by atoms with Crippen LogP contribution >= 0.6 is 0 Å². The molecular weight excluding hydrogens is 228 g/mol. The number of fused-ring (bicyclic) bond motifs is 1. The molecule has 0 N–H and O–H groups in total. The van der Waals surface area contributed by atoms with Crippen molar-refractivity contribution in [2.75, 3.05) is 7.11 Å². The van der Waals surface area contributed by atoms with E-state index >= 15 is 0 Å². The van der Waals surface area contributed by atoms with Crippen LogP contribution in [0.5, 0.6) is 5.75 Å². The van der Waals surface area contributed by atoms with Crippen molar-refractivity contribution in [3.8, 4) is 5.75 Å². The molecule has 0 aromatic heterocycles. The number of hydrogen-bond donors (Lipinski definition) is 0. The van der Waals surface area contributed by atoms with Crippen LogP contribution in [0.15, 0.2) is 28.0 Å². The fraction of sp³-hybridized carbons (Fsp3) is 0.182. The Morgan fingerprint density at radius 1 is 1.38 bits per heavy atom. The average molecular weight is 238 g/mol. The number of methoxy groups -OCH3 is 1. The third kappa shape index (κ3) is 1.53. The summed E-state index contributed by atoms with van der Waals surface area (Å²) in [6, 6.07) is 4.73. The number of hydrogen-bond acceptors (Lipinski definition) is 4. The van der Waals surface area contributed by atoms with E-state index in [0.717, 1.165) is 0 Å². The van der Waals surface area contributed by atoms with Gasteiger partial charge in [-0.15, -0.1) is 0 Å². The number of sulfone groups is 1. The van der Waals surface area contributed by atoms with Gasteiger partial charge in [-0.3, -0.25) is 0 Å². The first-order chi connectivity index (χ1) is 7.59. The third-order valence-corrected chi connectivity index (χ3v) is 4.38. The highest BCUT2D eigenvalue weighted by Gasteiger charge is 2.29. The van der Waals surface area contributed by atoms with Crippen LogP contribution in [0.4, 0.5) is 0 Å². The summed E-state index contributed by atoms with van der Waals surface area (Å²) in [4.78, 5) is 10.8. The smallest absolute Gasteiger partial charge is 0.203 e. The molecule has 1 aliphatic rings. The molecule has 0 radical (unpaired) electrons. The van der Waals surface area contributed by atoms with Gasteiger partial charge >= 0.3 is 0 Å². The summed E-state index contributed by atoms with van der Waals surface area (Å²) in [5.41, 5.74) is 0.580. The molecular formula is C11H10O4S. The van der Waals surface area contributed by atoms with Crippen LogP contribution in [0.25, 0.3) is 6.08 Å². The van der Waals surface area contributed by atoms with Gasteiger partial charge in [0.05, 0.1) is 16.9 Å². The van der Waals surface area contributed by atoms with Crippen molar-refractivity contribution in [3.05, 3.63) is 28.7 Å². The summed E-state index contributed by atoms with van der Waals surface area (Å²) in [5, 5.41) is 0. The van der Waals surface area contributed by atoms with Crippen LogP contribution in [-0.4, -0.2) is 21.8 Å². The van der Waals surface area contributed by atoms with Crippen molar-refractivity contribution in [1.82, 2.24) is 0 Å². The van der Waals surface area contributed by atoms with Crippen molar-refractivity contribution in [1.29, 1.82) is 0 Å². The highest BCUT2D eigenvalue weighted by molar-refractivity contribution is 7.95. The molecule has 1 aliphatic heterocycles. The van der Waals surface area contributed by atoms with E-state index in [4.69, 9.17) is 4.74 Å². The van der Waals surface area contributed by atoms with E-state index in [9.17, 15) is 13.2 Å². The van der Waals surface area contributed by atoms with Crippen molar-refractivity contribution in [2.24, 2.45) is 0 Å². The zero-order valence-electron chi connectivity index (χ0n) is 8.64. The molecule has 0 saturated carbocycles. The molecule has 0 fully saturated rings. The van der Waals surface area contributed by atoms with E-state index in [0.29, 0.717) is 17.6 Å². The Balaban J connectivity index is 2.58. The standard InChI is InChI=1S/C11H10O4S/c1-15-9-2-3-11-8(6-9)7-10(4-5-12)16(11,13)14/h2-3,5-7H,4H2,1H3. The summed E-state index contributed by atoms with van der Waals surface area (Å²) in [7, 11) is -1.94. The predicted molar refractivity (Wildman–Crippen MR) is 58.8 cm³/mol. The molecule has 1 aromatic carbocycles. The van der Waals surface area contributed by atoms with Gasteiger partial charge < -0.3 is 9.53 Å². The number of ether oxygens (including phenoxy) is 1. The van der Waals surface area contributed by atoms with Crippen LogP contribution in [0.1, 0.15) is 12.0 Å². The lowest BCUT2D eigenvalue weighted by Crippen LogP contribution is -2.01. The molecule has 1 heterocycles. The number of rotatable bonds is 3. The van der Waals surface area contributed by atoms with E-state index in [1.54, 1.807) is 12.1 Å². The summed E-state index contributed by atoms with van der Waals surface area (Å²) in [5.74, 6) is 0.595. The van der Waals surface area contributed by atoms with Gasteiger partial charge in [0.1, 0.15) is 12.0 Å². The number of aldehydes is 1. The summed E-state index contributed by atoms with van der Waals surface area (Å²) in [6.07, 6.45) is 2.02. The number of carbonyl (C=O) groups is 1. The van der Waals surface area contributed by atoms with Gasteiger partial charge in [0, 0.05) is 6.42 Å². The Morgan fingerprint density at radius 3 is 2.75 bits per heavy atom. The monoisotopic (exact) mass is 238 g/mol. The topological polar surface area (TPSA) is 60.4 Å². The van der Waals surface area contributed by atoms with E-state index in [2.05, 4.69) is 0 Å². The van der Waals surface area contributed by atoms with E-state index < -0.39 is 9.84 Å². The van der Waals surface area contributed by atoms with E-state index in [-0.39, 0.29) is 16.2 Å². The first kappa shape index (κ1) is 10.9. The molecule has 4 nitrogen and oxygen atoms in total. The van der Waals surface area contributed by atoms with Gasteiger partial charge in [-0.2, -0.15) is 0 Å². The lowest BCUT2D eigenvalue weighted by Gasteiger charge is -2.02. The van der Waals surface area contributed by atoms with Crippen LogP contribution in [0, 0.1) is 0 Å². The number of allylic oxidation sites excluding steroid dienone is 1. The molecule has 0 atom stereocenters. The third-order valence-electron chi connectivity index (χ3n) is 2.45. The van der Waals surface area contributed by atoms with Gasteiger partial charge in [-0.05, 0) is 29.8 Å². The van der Waals surface area contributed by atoms with E-state index in [1.807, 2.05) is 0 Å². The number of benzene rings is 1. The first-order valence-corrected chi connectivity index (χ1v) is 6.15. The van der Waals surface area contributed by atoms with Crippen molar-refractivity contribution in [2.45, 2.75) is 11.3 Å². The Labute approximate surface area is 93.5 Å². The lowest BCUT2D eigenvalue weighted by molar-refractivity contribution is -0.107. The predicted octanol–water partition coefficient (Wildman–Crippen LogP) is 1.41. The Bertz CT molecular complexity index is 570. The molecule has 5 heteroatoms. The summed E-state index contributed by atoms with van der Waals surface area (Å²) < 4.78 is 28.8. The molecule has 0 amide bonds. The fourth-order valence-corrected chi connectivity index (χ4v) is 3.18. The lowest BCUT2D eigenvalue weighted by atomic mass is 10.2. The van der Waals surface area contributed by atoms with Crippen molar-refractivity contribution < 1.29 is 17.9 Å². The Morgan fingerprint density at radius 2 is 2.12 bits per heavy atom. The zero-order valence-corrected chi connectivity index (χ0v) is 9.45. The average Bonchev–Trinajstić information content (AvgIpc) is 2.51. The Kier molecular flexibility index (Phi) is 2.55. The minimum Gasteiger partial charge on any atom is -0.497 e. The minimum atomic E-state index is -3.46. The normalized spacial score (nSPS) is 16.4. The second-order valence-electron chi connectivity index (χ2n) is 3.39. The van der Waals surface area contributed by atoms with Crippen molar-refractivity contribution in [3.63, 3.8) is 0 Å². The maximum atomic E-state index is 11.9. The maximum Gasteiger partial charge on any atom is 0.203 e. The van der Waals surface area contributed by atoms with Gasteiger partial charge in [0.2, 0.25) is 9.84 Å². The van der Waals surface area contributed by atoms with Crippen molar-refractivity contribution >= 4 is 22.2 Å². The fourth-order valence-electron chi connectivity index (χ4n) is 1.65. The second kappa shape index (κ2) is 3.75. The molecule has 0 unspecified atom stereocenters. The highest BCUT2D eigenvalue weighted by atomic mass is 32.2. The second-order valence-corrected chi connectivity index (χ2v) is 5.36. The molecule has 2 rings (SSSR count). The van der Waals surface area contributed by atoms with E-state index in [1.165, 1.54) is 19.3 Å². The van der Waals surface area contributed by atoms with Gasteiger partial charge in [-0.25, -0.2) is 8.42 Å². The zero-order chi connectivity index (χ0) is 11.8. The van der Waals surface area contributed by atoms with Gasteiger partial charge in [0.15, 0.2) is 0 Å². The van der Waals surface area contributed by atoms with Crippen LogP contribution in [0.3, 0.4) is 0 Å². The van der Waals surface area contributed by atoms with Crippen LogP contribution in [-0.2, 0) is 14.6 Å². The van der Waals surface area contributed by atoms with Crippen LogP contribution < -0.4 is 4.74 Å². The first-order valence-electron chi connectivity index (χ1n) is 4.67. The molecule has 0 spiro atoms. The summed E-state index contributed by atoms with van der Waals surface area (Å²) >= 11 is 0. The molecule has 0 saturated heterocycles. The van der Waals surface area contributed by atoms with Gasteiger partial charge in [0.25, 0.3) is 0 Å². The molecule has 0 bridgehead atoms. The van der Waals surface area contributed by atoms with Gasteiger partial charge in [-0.1, -0.05) is 0 Å². The SMILES string of the molecule is COc1ccc2c(c1)C=C(CC=O)S2(=O)=O. The molecule has 0 aliphatic carbocycles. The highest BCUT2D eigenvalue weighted by Crippen LogP contribution is 2.35. The maximum absolute atomic E-state index is 11.9.